The average molecular weight is 181 g/mol. The summed E-state index contributed by atoms with van der Waals surface area (Å²) in [7, 11) is 1.38. The molecule has 6 N–H and O–H groups in total. The Hall–Kier alpha value is -0.240. The van der Waals surface area contributed by atoms with E-state index in [0.29, 0.717) is 0 Å². The molecular weight excluding hydrogens is 166 g/mol. The van der Waals surface area contributed by atoms with Crippen molar-refractivity contribution in [1.82, 2.24) is 5.32 Å². The molecule has 0 saturated heterocycles. The molecule has 6 nitrogen and oxygen atoms in total. The van der Waals surface area contributed by atoms with E-state index >= 15 is 0 Å². The van der Waals surface area contributed by atoms with E-state index in [1.165, 1.54) is 7.05 Å². The summed E-state index contributed by atoms with van der Waals surface area (Å²) in [5.41, 5.74) is 0. The topological polar surface area (TPSA) is 113 Å². The quantitative estimate of drug-likeness (QED) is 0.246. The highest BCUT2D eigenvalue weighted by Crippen LogP contribution is 2.02. The predicted octanol–water partition coefficient (Wildman–Crippen LogP) is -3.40. The van der Waals surface area contributed by atoms with Gasteiger partial charge in [-0.1, -0.05) is 0 Å². The van der Waals surface area contributed by atoms with Gasteiger partial charge in [-0.25, -0.2) is 0 Å². The molecule has 4 unspecified atom stereocenters. The summed E-state index contributed by atoms with van der Waals surface area (Å²) in [6.45, 7) is -0.672. The largest absolute Gasteiger partial charge is 0.394 e. The van der Waals surface area contributed by atoms with Gasteiger partial charge in [0.2, 0.25) is 0 Å². The molecule has 4 atom stereocenters. The van der Waals surface area contributed by atoms with Gasteiger partial charge in [0, 0.05) is 0 Å². The highest BCUT2D eigenvalue weighted by molar-refractivity contribution is 4.78. The maximum absolute atomic E-state index is 9.05. The standard InChI is InChI=1S/C6H15NO5/c1-7-6(12)5(11)4(10)3(9)2-8/h3-12H,2H2,1H3. The van der Waals surface area contributed by atoms with Crippen LogP contribution in [0.2, 0.25) is 0 Å². The third kappa shape index (κ3) is 3.02. The zero-order valence-electron chi connectivity index (χ0n) is 6.75. The molecule has 0 saturated carbocycles. The van der Waals surface area contributed by atoms with Crippen LogP contribution < -0.4 is 5.32 Å². The van der Waals surface area contributed by atoms with Crippen LogP contribution in [0.5, 0.6) is 0 Å². The Morgan fingerprint density at radius 1 is 1.08 bits per heavy atom. The van der Waals surface area contributed by atoms with E-state index in [1.54, 1.807) is 0 Å². The zero-order chi connectivity index (χ0) is 9.72. The second kappa shape index (κ2) is 5.41. The van der Waals surface area contributed by atoms with Crippen molar-refractivity contribution in [2.24, 2.45) is 0 Å². The third-order valence-corrected chi connectivity index (χ3v) is 1.55. The van der Waals surface area contributed by atoms with Gasteiger partial charge in [-0.15, -0.1) is 0 Å². The van der Waals surface area contributed by atoms with Gasteiger partial charge in [0.15, 0.2) is 0 Å². The van der Waals surface area contributed by atoms with Gasteiger partial charge >= 0.3 is 0 Å². The van der Waals surface area contributed by atoms with Gasteiger partial charge in [-0.2, -0.15) is 0 Å². The Kier molecular flexibility index (Phi) is 5.31. The molecule has 0 fully saturated rings. The lowest BCUT2D eigenvalue weighted by atomic mass is 10.1. The first-order valence-electron chi connectivity index (χ1n) is 3.55. The molecule has 12 heavy (non-hydrogen) atoms. The second-order valence-electron chi connectivity index (χ2n) is 2.46. The number of aliphatic hydroxyl groups excluding tert-OH is 5. The zero-order valence-corrected chi connectivity index (χ0v) is 6.75. The molecule has 0 aromatic heterocycles. The summed E-state index contributed by atoms with van der Waals surface area (Å²) >= 11 is 0. The summed E-state index contributed by atoms with van der Waals surface area (Å²) in [4.78, 5) is 0. The minimum Gasteiger partial charge on any atom is -0.394 e. The molecule has 0 rings (SSSR count). The van der Waals surface area contributed by atoms with E-state index in [0.717, 1.165) is 0 Å². The van der Waals surface area contributed by atoms with Crippen molar-refractivity contribution in [3.8, 4) is 0 Å². The number of aliphatic hydroxyl groups is 5. The molecule has 0 heterocycles. The fourth-order valence-corrected chi connectivity index (χ4v) is 0.693. The van der Waals surface area contributed by atoms with Crippen molar-refractivity contribution in [2.45, 2.75) is 24.5 Å². The first-order chi connectivity index (χ1) is 5.54. The van der Waals surface area contributed by atoms with Crippen molar-refractivity contribution in [3.63, 3.8) is 0 Å². The predicted molar refractivity (Wildman–Crippen MR) is 40.2 cm³/mol. The van der Waals surface area contributed by atoms with E-state index in [-0.39, 0.29) is 0 Å². The number of rotatable bonds is 5. The van der Waals surface area contributed by atoms with E-state index in [4.69, 9.17) is 25.5 Å². The lowest BCUT2D eigenvalue weighted by Gasteiger charge is -2.24. The summed E-state index contributed by atoms with van der Waals surface area (Å²) in [5, 5.41) is 46.5. The van der Waals surface area contributed by atoms with Crippen molar-refractivity contribution < 1.29 is 25.5 Å². The van der Waals surface area contributed by atoms with Crippen molar-refractivity contribution in [1.29, 1.82) is 0 Å². The van der Waals surface area contributed by atoms with Crippen LogP contribution in [0.4, 0.5) is 0 Å². The Morgan fingerprint density at radius 2 is 1.58 bits per heavy atom. The molecule has 0 aromatic carbocycles. The minimum atomic E-state index is -1.57. The molecule has 0 bridgehead atoms. The Balaban J connectivity index is 3.99. The third-order valence-electron chi connectivity index (χ3n) is 1.55. The van der Waals surface area contributed by atoms with Crippen LogP contribution in [0.1, 0.15) is 0 Å². The Bertz CT molecular complexity index is 109. The first kappa shape index (κ1) is 11.8. The highest BCUT2D eigenvalue weighted by Gasteiger charge is 2.28. The van der Waals surface area contributed by atoms with E-state index < -0.39 is 31.1 Å². The van der Waals surface area contributed by atoms with Gasteiger partial charge in [0.05, 0.1) is 6.61 Å². The van der Waals surface area contributed by atoms with Gasteiger partial charge in [-0.05, 0) is 7.05 Å². The first-order valence-corrected chi connectivity index (χ1v) is 3.55. The molecule has 0 amide bonds. The van der Waals surface area contributed by atoms with Crippen LogP contribution in [0.3, 0.4) is 0 Å². The highest BCUT2D eigenvalue weighted by atomic mass is 16.4. The second-order valence-corrected chi connectivity index (χ2v) is 2.46. The monoisotopic (exact) mass is 181 g/mol. The number of likely N-dealkylation sites (N-methyl/N-ethyl adjacent to an activating group) is 1. The minimum absolute atomic E-state index is 0.672. The summed E-state index contributed by atoms with van der Waals surface area (Å²) in [5.74, 6) is 0. The fourth-order valence-electron chi connectivity index (χ4n) is 0.693. The van der Waals surface area contributed by atoms with Gasteiger partial charge in [0.1, 0.15) is 24.5 Å². The summed E-state index contributed by atoms with van der Waals surface area (Å²) in [6.07, 6.45) is -5.89. The molecule has 0 spiro atoms. The Labute approximate surface area is 70.1 Å². The lowest BCUT2D eigenvalue weighted by Crippen LogP contribution is -2.50. The normalized spacial score (nSPS) is 21.5. The number of hydrogen-bond donors (Lipinski definition) is 6. The van der Waals surface area contributed by atoms with Gasteiger partial charge in [-0.3, -0.25) is 5.32 Å². The van der Waals surface area contributed by atoms with Crippen LogP contribution >= 0.6 is 0 Å². The van der Waals surface area contributed by atoms with E-state index in [9.17, 15) is 0 Å². The number of nitrogens with one attached hydrogen (secondary N) is 1. The van der Waals surface area contributed by atoms with Gasteiger partial charge in [0.25, 0.3) is 0 Å². The van der Waals surface area contributed by atoms with Crippen LogP contribution in [0.25, 0.3) is 0 Å². The molecule has 0 aliphatic heterocycles. The molecule has 0 aliphatic carbocycles. The molecule has 0 aliphatic rings. The van der Waals surface area contributed by atoms with Crippen molar-refractivity contribution >= 4 is 0 Å². The van der Waals surface area contributed by atoms with E-state index in [2.05, 4.69) is 5.32 Å². The SMILES string of the molecule is CNC(O)C(O)C(O)C(O)CO. The van der Waals surface area contributed by atoms with Crippen LogP contribution in [0.15, 0.2) is 0 Å². The number of hydrogen-bond acceptors (Lipinski definition) is 6. The van der Waals surface area contributed by atoms with Crippen molar-refractivity contribution in [3.05, 3.63) is 0 Å². The van der Waals surface area contributed by atoms with Crippen LogP contribution in [0, 0.1) is 0 Å². The van der Waals surface area contributed by atoms with Gasteiger partial charge < -0.3 is 25.5 Å². The van der Waals surface area contributed by atoms with Crippen LogP contribution in [-0.4, -0.2) is 63.7 Å². The lowest BCUT2D eigenvalue weighted by molar-refractivity contribution is -0.120. The molecule has 0 radical (unpaired) electrons. The molecular formula is C6H15NO5. The molecule has 6 heteroatoms. The fraction of sp³-hybridized carbons (Fsp3) is 1.00. The molecule has 0 aromatic rings. The van der Waals surface area contributed by atoms with Crippen LogP contribution in [-0.2, 0) is 0 Å². The smallest absolute Gasteiger partial charge is 0.133 e. The maximum atomic E-state index is 9.05. The van der Waals surface area contributed by atoms with Crippen molar-refractivity contribution in [2.75, 3.05) is 13.7 Å². The van der Waals surface area contributed by atoms with E-state index in [1.807, 2.05) is 0 Å². The summed E-state index contributed by atoms with van der Waals surface area (Å²) < 4.78 is 0. The average Bonchev–Trinajstić information content (AvgIpc) is 2.12. The maximum Gasteiger partial charge on any atom is 0.133 e. The Morgan fingerprint density at radius 3 is 1.92 bits per heavy atom. The summed E-state index contributed by atoms with van der Waals surface area (Å²) in [6, 6.07) is 0. The molecule has 74 valence electrons.